The number of amides is 1. The minimum Gasteiger partial charge on any atom is -0.486 e. The van der Waals surface area contributed by atoms with Crippen LogP contribution < -0.4 is 14.8 Å². The molecule has 5 heteroatoms. The second-order valence-corrected chi connectivity index (χ2v) is 5.66. The average Bonchev–Trinajstić information content (AvgIpc) is 2.46. The van der Waals surface area contributed by atoms with Crippen molar-refractivity contribution in [2.75, 3.05) is 40.4 Å². The minimum absolute atomic E-state index is 0.0826. The molecular weight excluding hydrogens is 268 g/mol. The maximum absolute atomic E-state index is 11.9. The molecule has 0 radical (unpaired) electrons. The molecule has 1 unspecified atom stereocenters. The summed E-state index contributed by atoms with van der Waals surface area (Å²) in [6, 6.07) is 5.90. The molecule has 0 fully saturated rings. The second-order valence-electron chi connectivity index (χ2n) is 5.66. The van der Waals surface area contributed by atoms with Crippen LogP contribution in [-0.4, -0.2) is 51.2 Å². The van der Waals surface area contributed by atoms with Crippen molar-refractivity contribution in [3.8, 4) is 11.5 Å². The normalized spacial score (nSPS) is 14.9. The summed E-state index contributed by atoms with van der Waals surface area (Å²) in [5, 5.41) is 2.94. The van der Waals surface area contributed by atoms with Gasteiger partial charge in [-0.2, -0.15) is 0 Å². The molecule has 1 aliphatic heterocycles. The fourth-order valence-electron chi connectivity index (χ4n) is 2.25. The number of carbonyl (C=O) groups excluding carboxylic acids is 1. The summed E-state index contributed by atoms with van der Waals surface area (Å²) in [5.74, 6) is 1.80. The van der Waals surface area contributed by atoms with Crippen molar-refractivity contribution >= 4 is 5.91 Å². The summed E-state index contributed by atoms with van der Waals surface area (Å²) in [4.78, 5) is 14.0. The Kier molecular flexibility index (Phi) is 5.44. The number of ether oxygens (including phenoxy) is 2. The summed E-state index contributed by atoms with van der Waals surface area (Å²) in [6.45, 7) is 4.76. The maximum atomic E-state index is 11.9. The van der Waals surface area contributed by atoms with E-state index in [0.29, 0.717) is 26.2 Å². The zero-order valence-corrected chi connectivity index (χ0v) is 13.0. The highest BCUT2D eigenvalue weighted by molar-refractivity contribution is 5.76. The Bertz CT molecular complexity index is 488. The minimum atomic E-state index is 0.0826. The second kappa shape index (κ2) is 7.31. The van der Waals surface area contributed by atoms with E-state index in [2.05, 4.69) is 12.2 Å². The quantitative estimate of drug-likeness (QED) is 0.866. The number of hydrogen-bond donors (Lipinski definition) is 1. The number of nitrogens with zero attached hydrogens (tertiary/aromatic N) is 1. The number of rotatable bonds is 6. The van der Waals surface area contributed by atoms with Crippen LogP contribution in [0.2, 0.25) is 0 Å². The van der Waals surface area contributed by atoms with E-state index in [1.54, 1.807) is 0 Å². The van der Waals surface area contributed by atoms with Gasteiger partial charge in [0.25, 0.3) is 0 Å². The zero-order chi connectivity index (χ0) is 15.2. The Labute approximate surface area is 126 Å². The van der Waals surface area contributed by atoms with E-state index in [0.717, 1.165) is 23.6 Å². The highest BCUT2D eigenvalue weighted by Gasteiger charge is 2.16. The number of carbonyl (C=O) groups is 1. The molecule has 0 spiro atoms. The molecule has 0 aliphatic carbocycles. The Morgan fingerprint density at radius 2 is 2.00 bits per heavy atom. The Balaban J connectivity index is 1.88. The monoisotopic (exact) mass is 292 g/mol. The third-order valence-electron chi connectivity index (χ3n) is 3.51. The van der Waals surface area contributed by atoms with Crippen LogP contribution in [0.4, 0.5) is 0 Å². The number of hydrogen-bond acceptors (Lipinski definition) is 4. The van der Waals surface area contributed by atoms with Gasteiger partial charge in [-0.05, 0) is 37.7 Å². The molecule has 1 amide bonds. The Morgan fingerprint density at radius 1 is 1.29 bits per heavy atom. The summed E-state index contributed by atoms with van der Waals surface area (Å²) in [5.41, 5.74) is 1.10. The number of nitrogens with one attached hydrogen (secondary N) is 1. The third-order valence-corrected chi connectivity index (χ3v) is 3.51. The molecule has 1 N–H and O–H groups in total. The van der Waals surface area contributed by atoms with Crippen molar-refractivity contribution in [2.45, 2.75) is 19.3 Å². The molecule has 116 valence electrons. The van der Waals surface area contributed by atoms with Crippen LogP contribution in [-0.2, 0) is 4.79 Å². The molecule has 21 heavy (non-hydrogen) atoms. The van der Waals surface area contributed by atoms with Crippen LogP contribution in [0.1, 0.15) is 24.8 Å². The lowest BCUT2D eigenvalue weighted by atomic mass is 9.97. The van der Waals surface area contributed by atoms with E-state index in [1.807, 2.05) is 37.2 Å². The molecule has 0 saturated carbocycles. The standard InChI is InChI=1S/C16H24N2O3/c1-12(10-16(19)17-6-7-18(2)3)13-4-5-14-15(11-13)21-9-8-20-14/h4-5,11-12H,6-10H2,1-3H3,(H,17,19). The van der Waals surface area contributed by atoms with Crippen LogP contribution in [0, 0.1) is 0 Å². The Morgan fingerprint density at radius 3 is 2.71 bits per heavy atom. The summed E-state index contributed by atoms with van der Waals surface area (Å²) in [6.07, 6.45) is 0.479. The lowest BCUT2D eigenvalue weighted by Gasteiger charge is -2.20. The van der Waals surface area contributed by atoms with E-state index in [9.17, 15) is 4.79 Å². The van der Waals surface area contributed by atoms with Crippen LogP contribution in [0.3, 0.4) is 0 Å². The molecule has 0 saturated heterocycles. The fourth-order valence-corrected chi connectivity index (χ4v) is 2.25. The van der Waals surface area contributed by atoms with Crippen molar-refractivity contribution in [3.63, 3.8) is 0 Å². The van der Waals surface area contributed by atoms with Crippen LogP contribution in [0.5, 0.6) is 11.5 Å². The largest absolute Gasteiger partial charge is 0.486 e. The van der Waals surface area contributed by atoms with Gasteiger partial charge in [0.1, 0.15) is 13.2 Å². The van der Waals surface area contributed by atoms with Crippen molar-refractivity contribution in [1.29, 1.82) is 0 Å². The smallest absolute Gasteiger partial charge is 0.220 e. The van der Waals surface area contributed by atoms with Crippen LogP contribution in [0.25, 0.3) is 0 Å². The Hall–Kier alpha value is -1.75. The molecule has 0 bridgehead atoms. The lowest BCUT2D eigenvalue weighted by Crippen LogP contribution is -2.31. The fraction of sp³-hybridized carbons (Fsp3) is 0.562. The summed E-state index contributed by atoms with van der Waals surface area (Å²) < 4.78 is 11.1. The maximum Gasteiger partial charge on any atom is 0.220 e. The lowest BCUT2D eigenvalue weighted by molar-refractivity contribution is -0.121. The third kappa shape index (κ3) is 4.63. The van der Waals surface area contributed by atoms with Gasteiger partial charge in [-0.25, -0.2) is 0 Å². The molecule has 5 nitrogen and oxygen atoms in total. The van der Waals surface area contributed by atoms with Gasteiger partial charge in [0.2, 0.25) is 5.91 Å². The van der Waals surface area contributed by atoms with Gasteiger partial charge in [0.05, 0.1) is 0 Å². The van der Waals surface area contributed by atoms with E-state index in [1.165, 1.54) is 0 Å². The van der Waals surface area contributed by atoms with Gasteiger partial charge in [-0.15, -0.1) is 0 Å². The van der Waals surface area contributed by atoms with Gasteiger partial charge in [-0.1, -0.05) is 13.0 Å². The number of likely N-dealkylation sites (N-methyl/N-ethyl adjacent to an activating group) is 1. The number of fused-ring (bicyclic) bond motifs is 1. The topological polar surface area (TPSA) is 50.8 Å². The van der Waals surface area contributed by atoms with Gasteiger partial charge in [0, 0.05) is 19.5 Å². The zero-order valence-electron chi connectivity index (χ0n) is 13.0. The molecule has 1 aromatic rings. The first-order valence-electron chi connectivity index (χ1n) is 7.37. The van der Waals surface area contributed by atoms with E-state index < -0.39 is 0 Å². The molecule has 1 heterocycles. The molecule has 1 aliphatic rings. The van der Waals surface area contributed by atoms with Gasteiger partial charge in [-0.3, -0.25) is 4.79 Å². The molecule has 2 rings (SSSR count). The van der Waals surface area contributed by atoms with E-state index >= 15 is 0 Å². The summed E-state index contributed by atoms with van der Waals surface area (Å²) >= 11 is 0. The first-order valence-corrected chi connectivity index (χ1v) is 7.37. The van der Waals surface area contributed by atoms with E-state index in [-0.39, 0.29) is 11.8 Å². The van der Waals surface area contributed by atoms with Crippen molar-refractivity contribution in [3.05, 3.63) is 23.8 Å². The van der Waals surface area contributed by atoms with Crippen molar-refractivity contribution < 1.29 is 14.3 Å². The molecule has 1 atom stereocenters. The SMILES string of the molecule is CC(CC(=O)NCCN(C)C)c1ccc2c(c1)OCCO2. The van der Waals surface area contributed by atoms with E-state index in [4.69, 9.17) is 9.47 Å². The van der Waals surface area contributed by atoms with Crippen molar-refractivity contribution in [1.82, 2.24) is 10.2 Å². The van der Waals surface area contributed by atoms with Gasteiger partial charge >= 0.3 is 0 Å². The summed E-state index contributed by atoms with van der Waals surface area (Å²) in [7, 11) is 3.98. The average molecular weight is 292 g/mol. The van der Waals surface area contributed by atoms with Gasteiger partial charge in [0.15, 0.2) is 11.5 Å². The molecular formula is C16H24N2O3. The van der Waals surface area contributed by atoms with Crippen molar-refractivity contribution in [2.24, 2.45) is 0 Å². The molecule has 1 aromatic carbocycles. The predicted octanol–water partition coefficient (Wildman–Crippen LogP) is 1.63. The highest BCUT2D eigenvalue weighted by Crippen LogP contribution is 2.33. The first-order chi connectivity index (χ1) is 10.1. The first kappa shape index (κ1) is 15.6. The molecule has 0 aromatic heterocycles. The van der Waals surface area contributed by atoms with Crippen LogP contribution in [0.15, 0.2) is 18.2 Å². The predicted molar refractivity (Wildman–Crippen MR) is 82.0 cm³/mol. The van der Waals surface area contributed by atoms with Gasteiger partial charge < -0.3 is 19.7 Å². The highest BCUT2D eigenvalue weighted by atomic mass is 16.6. The van der Waals surface area contributed by atoms with Crippen LogP contribution >= 0.6 is 0 Å². The number of benzene rings is 1.